The van der Waals surface area contributed by atoms with Crippen LogP contribution in [0.2, 0.25) is 0 Å². The molecule has 0 spiro atoms. The number of nitrogens with one attached hydrogen (secondary N) is 1. The van der Waals surface area contributed by atoms with Crippen LogP contribution in [0.5, 0.6) is 0 Å². The minimum absolute atomic E-state index is 0.180. The zero-order chi connectivity index (χ0) is 11.8. The second-order valence-electron chi connectivity index (χ2n) is 6.03. The molecule has 0 radical (unpaired) electrons. The molecule has 3 heteroatoms. The fraction of sp³-hybridized carbons (Fsp3) is 0.769. The van der Waals surface area contributed by atoms with Crippen molar-refractivity contribution in [3.05, 3.63) is 16.1 Å². The topological polar surface area (TPSA) is 24.9 Å². The van der Waals surface area contributed by atoms with Crippen molar-refractivity contribution in [1.82, 2.24) is 10.3 Å². The van der Waals surface area contributed by atoms with Crippen LogP contribution in [0.15, 0.2) is 5.38 Å². The van der Waals surface area contributed by atoms with E-state index >= 15 is 0 Å². The average molecular weight is 238 g/mol. The van der Waals surface area contributed by atoms with Gasteiger partial charge in [0, 0.05) is 23.4 Å². The maximum Gasteiger partial charge on any atom is 0.107 e. The molecule has 1 N–H and O–H groups in total. The predicted octanol–water partition coefficient (Wildman–Crippen LogP) is 3.33. The van der Waals surface area contributed by atoms with Crippen LogP contribution in [0.1, 0.15) is 51.2 Å². The van der Waals surface area contributed by atoms with E-state index in [9.17, 15) is 0 Å². The molecule has 0 amide bonds. The highest BCUT2D eigenvalue weighted by atomic mass is 32.1. The van der Waals surface area contributed by atoms with E-state index in [0.717, 1.165) is 18.5 Å². The Hall–Kier alpha value is -0.410. The molecule has 0 aliphatic heterocycles. The Morgan fingerprint density at radius 1 is 1.44 bits per heavy atom. The molecule has 2 nitrogen and oxygen atoms in total. The minimum atomic E-state index is 0.180. The van der Waals surface area contributed by atoms with Gasteiger partial charge in [-0.25, -0.2) is 4.98 Å². The fourth-order valence-electron chi connectivity index (χ4n) is 2.04. The summed E-state index contributed by atoms with van der Waals surface area (Å²) in [6, 6.07) is 0.733. The molecule has 1 aromatic heterocycles. The van der Waals surface area contributed by atoms with Crippen LogP contribution in [0.4, 0.5) is 0 Å². The first kappa shape index (κ1) is 12.1. The van der Waals surface area contributed by atoms with Crippen molar-refractivity contribution in [3.63, 3.8) is 0 Å². The van der Waals surface area contributed by atoms with Crippen molar-refractivity contribution in [3.8, 4) is 0 Å². The number of nitrogens with zero attached hydrogens (tertiary/aromatic N) is 1. The number of thiazole rings is 1. The maximum absolute atomic E-state index is 4.69. The molecule has 1 aliphatic carbocycles. The lowest BCUT2D eigenvalue weighted by atomic mass is 9.82. The highest BCUT2D eigenvalue weighted by Gasteiger charge is 2.25. The molecule has 0 unspecified atom stereocenters. The maximum atomic E-state index is 4.69. The van der Waals surface area contributed by atoms with Crippen molar-refractivity contribution in [2.24, 2.45) is 5.92 Å². The normalized spacial score (nSPS) is 25.5. The zero-order valence-electron chi connectivity index (χ0n) is 10.7. The van der Waals surface area contributed by atoms with Crippen LogP contribution >= 0.6 is 11.3 Å². The molecule has 0 saturated heterocycles. The number of hydrogen-bond donors (Lipinski definition) is 1. The summed E-state index contributed by atoms with van der Waals surface area (Å²) in [6.07, 6.45) is 2.66. The third-order valence-electron chi connectivity index (χ3n) is 3.24. The Bertz CT molecular complexity index is 345. The second-order valence-corrected chi connectivity index (χ2v) is 6.97. The van der Waals surface area contributed by atoms with Gasteiger partial charge in [-0.1, -0.05) is 27.7 Å². The predicted molar refractivity (Wildman–Crippen MR) is 69.8 cm³/mol. The molecular weight excluding hydrogens is 216 g/mol. The molecule has 0 atom stereocenters. The van der Waals surface area contributed by atoms with E-state index in [1.54, 1.807) is 11.3 Å². The van der Waals surface area contributed by atoms with Gasteiger partial charge >= 0.3 is 0 Å². The van der Waals surface area contributed by atoms with Crippen LogP contribution in [0.3, 0.4) is 0 Å². The molecule has 1 aliphatic rings. The highest BCUT2D eigenvalue weighted by Crippen LogP contribution is 2.27. The summed E-state index contributed by atoms with van der Waals surface area (Å²) in [5.74, 6) is 0.916. The smallest absolute Gasteiger partial charge is 0.107 e. The van der Waals surface area contributed by atoms with E-state index in [-0.39, 0.29) is 5.41 Å². The molecule has 1 saturated carbocycles. The first-order valence-electron chi connectivity index (χ1n) is 6.13. The number of aromatic nitrogens is 1. The van der Waals surface area contributed by atoms with Gasteiger partial charge < -0.3 is 5.32 Å². The fourth-order valence-corrected chi connectivity index (χ4v) is 3.01. The molecule has 1 fully saturated rings. The zero-order valence-corrected chi connectivity index (χ0v) is 11.5. The van der Waals surface area contributed by atoms with Crippen molar-refractivity contribution in [2.45, 2.75) is 58.5 Å². The minimum Gasteiger partial charge on any atom is -0.308 e. The molecule has 1 heterocycles. The van der Waals surface area contributed by atoms with Gasteiger partial charge in [-0.15, -0.1) is 11.3 Å². The largest absolute Gasteiger partial charge is 0.308 e. The Kier molecular flexibility index (Phi) is 3.36. The van der Waals surface area contributed by atoms with Gasteiger partial charge in [-0.2, -0.15) is 0 Å². The lowest BCUT2D eigenvalue weighted by molar-refractivity contribution is 0.240. The SMILES string of the molecule is CC1CC(NCc2nc(C(C)(C)C)cs2)C1. The van der Waals surface area contributed by atoms with E-state index in [1.165, 1.54) is 23.5 Å². The first-order chi connectivity index (χ1) is 7.45. The molecule has 0 bridgehead atoms. The van der Waals surface area contributed by atoms with E-state index in [0.29, 0.717) is 0 Å². The molecular formula is C13H22N2S. The van der Waals surface area contributed by atoms with Crippen LogP contribution in [-0.2, 0) is 12.0 Å². The third-order valence-corrected chi connectivity index (χ3v) is 4.08. The van der Waals surface area contributed by atoms with E-state index in [2.05, 4.69) is 43.4 Å². The summed E-state index contributed by atoms with van der Waals surface area (Å²) in [4.78, 5) is 4.69. The Labute approximate surface area is 102 Å². The summed E-state index contributed by atoms with van der Waals surface area (Å²) in [5.41, 5.74) is 1.40. The van der Waals surface area contributed by atoms with Crippen molar-refractivity contribution < 1.29 is 0 Å². The van der Waals surface area contributed by atoms with Crippen LogP contribution in [0.25, 0.3) is 0 Å². The van der Waals surface area contributed by atoms with Crippen molar-refractivity contribution in [1.29, 1.82) is 0 Å². The van der Waals surface area contributed by atoms with E-state index in [4.69, 9.17) is 0 Å². The summed E-state index contributed by atoms with van der Waals surface area (Å²) in [5, 5.41) is 7.00. The Morgan fingerprint density at radius 2 is 2.12 bits per heavy atom. The van der Waals surface area contributed by atoms with Crippen LogP contribution in [-0.4, -0.2) is 11.0 Å². The van der Waals surface area contributed by atoms with Crippen molar-refractivity contribution in [2.75, 3.05) is 0 Å². The molecule has 16 heavy (non-hydrogen) atoms. The summed E-state index contributed by atoms with van der Waals surface area (Å²) < 4.78 is 0. The summed E-state index contributed by atoms with van der Waals surface area (Å²) in [6.45, 7) is 9.91. The number of rotatable bonds is 3. The van der Waals surface area contributed by atoms with Gasteiger partial charge in [0.05, 0.1) is 5.69 Å². The average Bonchev–Trinajstić information content (AvgIpc) is 2.58. The van der Waals surface area contributed by atoms with E-state index < -0.39 is 0 Å². The van der Waals surface area contributed by atoms with Gasteiger partial charge in [0.2, 0.25) is 0 Å². The third kappa shape index (κ3) is 2.83. The van der Waals surface area contributed by atoms with Crippen LogP contribution < -0.4 is 5.32 Å². The monoisotopic (exact) mass is 238 g/mol. The lowest BCUT2D eigenvalue weighted by Gasteiger charge is -2.33. The van der Waals surface area contributed by atoms with E-state index in [1.807, 2.05) is 0 Å². The second kappa shape index (κ2) is 4.46. The molecule has 2 rings (SSSR count). The first-order valence-corrected chi connectivity index (χ1v) is 7.01. The quantitative estimate of drug-likeness (QED) is 0.873. The van der Waals surface area contributed by atoms with Gasteiger partial charge in [0.15, 0.2) is 0 Å². The molecule has 90 valence electrons. The van der Waals surface area contributed by atoms with Gasteiger partial charge in [0.1, 0.15) is 5.01 Å². The number of hydrogen-bond acceptors (Lipinski definition) is 3. The Morgan fingerprint density at radius 3 is 2.62 bits per heavy atom. The summed E-state index contributed by atoms with van der Waals surface area (Å²) in [7, 11) is 0. The van der Waals surface area contributed by atoms with Crippen molar-refractivity contribution >= 4 is 11.3 Å². The van der Waals surface area contributed by atoms with Gasteiger partial charge in [0.25, 0.3) is 0 Å². The summed E-state index contributed by atoms with van der Waals surface area (Å²) >= 11 is 1.78. The van der Waals surface area contributed by atoms with Gasteiger partial charge in [-0.3, -0.25) is 0 Å². The molecule has 1 aromatic rings. The van der Waals surface area contributed by atoms with Gasteiger partial charge in [-0.05, 0) is 18.8 Å². The Balaban J connectivity index is 1.84. The standard InChI is InChI=1S/C13H22N2S/c1-9-5-10(6-9)14-7-12-15-11(8-16-12)13(2,3)4/h8-10,14H,5-7H2,1-4H3. The lowest BCUT2D eigenvalue weighted by Crippen LogP contribution is -2.39. The highest BCUT2D eigenvalue weighted by molar-refractivity contribution is 7.09. The van der Waals surface area contributed by atoms with Crippen LogP contribution in [0, 0.1) is 5.92 Å². The molecule has 0 aromatic carbocycles.